The molecule has 0 unspecified atom stereocenters. The van der Waals surface area contributed by atoms with E-state index in [0.29, 0.717) is 62.9 Å². The van der Waals surface area contributed by atoms with Gasteiger partial charge in [-0.3, -0.25) is 0 Å². The SMILES string of the molecule is CCN1CCN(c2ccc(Nc3ncc4c(n3)N(CC)C(=S)N(c3c(Cl)c(OC)cc(OC)c3Cl)C4)c(N)c2)CC1.O=C(O)C(F)(F)F. The molecule has 2 aliphatic rings. The number of anilines is 6. The first kappa shape index (κ1) is 36.8. The van der Waals surface area contributed by atoms with E-state index >= 15 is 0 Å². The second-order valence-corrected chi connectivity index (χ2v) is 11.7. The van der Waals surface area contributed by atoms with Gasteiger partial charge in [0.2, 0.25) is 5.95 Å². The number of likely N-dealkylation sites (N-methyl/N-ethyl adjacent to an activating group) is 1. The Kier molecular flexibility index (Phi) is 11.9. The van der Waals surface area contributed by atoms with E-state index in [-0.39, 0.29) is 0 Å². The van der Waals surface area contributed by atoms with Crippen LogP contribution < -0.4 is 35.2 Å². The predicted molar refractivity (Wildman–Crippen MR) is 186 cm³/mol. The lowest BCUT2D eigenvalue weighted by molar-refractivity contribution is -0.192. The average molecular weight is 732 g/mol. The Morgan fingerprint density at radius 2 is 1.67 bits per heavy atom. The number of nitrogen functional groups attached to an aromatic ring is 1. The minimum atomic E-state index is -5.08. The van der Waals surface area contributed by atoms with Crippen LogP contribution in [0.15, 0.2) is 30.5 Å². The molecular formula is C30H35Cl2F3N8O4S. The maximum atomic E-state index is 10.6. The zero-order chi connectivity index (χ0) is 35.3. The summed E-state index contributed by atoms with van der Waals surface area (Å²) in [6.07, 6.45) is -3.31. The number of thiocarbonyl (C=S) groups is 1. The van der Waals surface area contributed by atoms with Crippen molar-refractivity contribution in [3.63, 3.8) is 0 Å². The fourth-order valence-electron chi connectivity index (χ4n) is 5.15. The number of rotatable bonds is 8. The number of nitrogens with zero attached hydrogens (tertiary/aromatic N) is 6. The zero-order valence-electron chi connectivity index (χ0n) is 26.6. The van der Waals surface area contributed by atoms with Gasteiger partial charge >= 0.3 is 12.1 Å². The van der Waals surface area contributed by atoms with Crippen LogP contribution in [-0.2, 0) is 11.3 Å². The van der Waals surface area contributed by atoms with Crippen molar-refractivity contribution >= 4 is 81.0 Å². The molecule has 1 fully saturated rings. The van der Waals surface area contributed by atoms with E-state index in [1.807, 2.05) is 28.9 Å². The number of nitrogens with one attached hydrogen (secondary N) is 1. The number of nitrogens with two attached hydrogens (primary N) is 1. The molecule has 1 aromatic heterocycles. The first-order valence-corrected chi connectivity index (χ1v) is 15.9. The van der Waals surface area contributed by atoms with Crippen LogP contribution in [0.1, 0.15) is 19.4 Å². The number of aliphatic carboxylic acids is 1. The van der Waals surface area contributed by atoms with Crippen LogP contribution in [0.5, 0.6) is 11.5 Å². The van der Waals surface area contributed by atoms with Crippen LogP contribution in [0, 0.1) is 0 Å². The molecule has 0 radical (unpaired) electrons. The summed E-state index contributed by atoms with van der Waals surface area (Å²) in [7, 11) is 3.08. The van der Waals surface area contributed by atoms with E-state index in [9.17, 15) is 13.2 Å². The number of carbonyl (C=O) groups is 1. The van der Waals surface area contributed by atoms with Crippen LogP contribution in [0.3, 0.4) is 0 Å². The highest BCUT2D eigenvalue weighted by Crippen LogP contribution is 2.48. The third-order valence-corrected chi connectivity index (χ3v) is 8.90. The van der Waals surface area contributed by atoms with Crippen molar-refractivity contribution in [2.45, 2.75) is 26.6 Å². The minimum absolute atomic E-state index is 0.338. The molecular weight excluding hydrogens is 696 g/mol. The number of alkyl halides is 3. The summed E-state index contributed by atoms with van der Waals surface area (Å²) in [4.78, 5) is 26.9. The Morgan fingerprint density at radius 1 is 1.06 bits per heavy atom. The maximum absolute atomic E-state index is 10.6. The topological polar surface area (TPSA) is 133 Å². The third-order valence-electron chi connectivity index (χ3n) is 7.73. The number of fused-ring (bicyclic) bond motifs is 1. The van der Waals surface area contributed by atoms with Crippen LogP contribution in [-0.4, -0.2) is 90.7 Å². The summed E-state index contributed by atoms with van der Waals surface area (Å²) in [5.41, 5.74) is 10.3. The summed E-state index contributed by atoms with van der Waals surface area (Å²) < 4.78 is 42.7. The highest BCUT2D eigenvalue weighted by Gasteiger charge is 2.38. The predicted octanol–water partition coefficient (Wildman–Crippen LogP) is 6.03. The van der Waals surface area contributed by atoms with E-state index in [1.54, 1.807) is 12.3 Å². The summed E-state index contributed by atoms with van der Waals surface area (Å²) >= 11 is 19.4. The van der Waals surface area contributed by atoms with Gasteiger partial charge in [0.15, 0.2) is 5.11 Å². The van der Waals surface area contributed by atoms with Crippen molar-refractivity contribution < 1.29 is 32.5 Å². The van der Waals surface area contributed by atoms with Gasteiger partial charge in [0.25, 0.3) is 0 Å². The fourth-order valence-corrected chi connectivity index (χ4v) is 6.23. The molecule has 3 aromatic rings. The van der Waals surface area contributed by atoms with Crippen LogP contribution in [0.4, 0.5) is 47.7 Å². The van der Waals surface area contributed by atoms with Gasteiger partial charge in [-0.2, -0.15) is 18.2 Å². The van der Waals surface area contributed by atoms with E-state index < -0.39 is 12.1 Å². The molecule has 0 bridgehead atoms. The summed E-state index contributed by atoms with van der Waals surface area (Å²) in [6.45, 7) is 10.3. The van der Waals surface area contributed by atoms with Crippen molar-refractivity contribution in [1.29, 1.82) is 0 Å². The van der Waals surface area contributed by atoms with Crippen molar-refractivity contribution in [3.8, 4) is 11.5 Å². The second-order valence-electron chi connectivity index (χ2n) is 10.5. The lowest BCUT2D eigenvalue weighted by atomic mass is 10.1. The Labute approximate surface area is 291 Å². The smallest absolute Gasteiger partial charge is 0.490 e. The number of methoxy groups -OCH3 is 2. The Balaban J connectivity index is 0.000000671. The standard InChI is InChI=1S/C28H34Cl2N8O2S.C2HF3O2/c1-5-35-9-11-36(12-10-35)18-7-8-20(19(31)13-18)33-27-32-15-17-16-38(28(41)37(6-2)26(17)34-27)25-23(29)21(39-3)14-22(40-4)24(25)30;3-2(4,5)1(6)7/h7-8,13-15H,5-6,9-12,16,31H2,1-4H3,(H,32,33,34);(H,6,7). The lowest BCUT2D eigenvalue weighted by Gasteiger charge is -2.39. The fraction of sp³-hybridized carbons (Fsp3) is 0.400. The van der Waals surface area contributed by atoms with E-state index in [4.69, 9.17) is 65.5 Å². The number of hydrogen-bond donors (Lipinski definition) is 3. The number of ether oxygens (including phenoxy) is 2. The van der Waals surface area contributed by atoms with Gasteiger partial charge < -0.3 is 45.2 Å². The van der Waals surface area contributed by atoms with E-state index in [0.717, 1.165) is 49.7 Å². The molecule has 12 nitrogen and oxygen atoms in total. The van der Waals surface area contributed by atoms with Gasteiger partial charge in [-0.1, -0.05) is 30.1 Å². The number of aromatic nitrogens is 2. The van der Waals surface area contributed by atoms with Crippen molar-refractivity contribution in [2.75, 3.05) is 79.2 Å². The van der Waals surface area contributed by atoms with Gasteiger partial charge in [0, 0.05) is 56.2 Å². The normalized spacial score (nSPS) is 15.0. The summed E-state index contributed by atoms with van der Waals surface area (Å²) in [5.74, 6) is -0.761. The zero-order valence-corrected chi connectivity index (χ0v) is 28.9. The van der Waals surface area contributed by atoms with Crippen LogP contribution in [0.2, 0.25) is 10.0 Å². The molecule has 5 rings (SSSR count). The molecule has 4 N–H and O–H groups in total. The van der Waals surface area contributed by atoms with Gasteiger partial charge in [0.1, 0.15) is 27.4 Å². The molecule has 0 aliphatic carbocycles. The van der Waals surface area contributed by atoms with Gasteiger partial charge in [-0.05, 0) is 43.9 Å². The largest absolute Gasteiger partial charge is 0.495 e. The quantitative estimate of drug-likeness (QED) is 0.184. The van der Waals surface area contributed by atoms with Crippen molar-refractivity contribution in [3.05, 3.63) is 46.1 Å². The lowest BCUT2D eigenvalue weighted by Crippen LogP contribution is -2.48. The Bertz CT molecular complexity index is 1630. The number of hydrogen-bond acceptors (Lipinski definition) is 10. The van der Waals surface area contributed by atoms with Gasteiger partial charge in [0.05, 0.1) is 37.8 Å². The monoisotopic (exact) mass is 730 g/mol. The van der Waals surface area contributed by atoms with E-state index in [1.165, 1.54) is 14.2 Å². The van der Waals surface area contributed by atoms with E-state index in [2.05, 4.69) is 33.1 Å². The molecule has 18 heteroatoms. The molecule has 2 aliphatic heterocycles. The number of benzene rings is 2. The molecule has 48 heavy (non-hydrogen) atoms. The number of carboxylic acid groups (broad SMARTS) is 1. The first-order valence-electron chi connectivity index (χ1n) is 14.7. The van der Waals surface area contributed by atoms with Crippen molar-refractivity contribution in [1.82, 2.24) is 14.9 Å². The number of halogens is 5. The van der Waals surface area contributed by atoms with Crippen LogP contribution >= 0.6 is 35.4 Å². The molecule has 1 saturated heterocycles. The molecule has 0 amide bonds. The minimum Gasteiger partial charge on any atom is -0.495 e. The highest BCUT2D eigenvalue weighted by atomic mass is 35.5. The molecule has 2 aromatic carbocycles. The van der Waals surface area contributed by atoms with Gasteiger partial charge in [-0.15, -0.1) is 0 Å². The molecule has 0 spiro atoms. The number of carboxylic acids is 1. The maximum Gasteiger partial charge on any atom is 0.490 e. The molecule has 260 valence electrons. The van der Waals surface area contributed by atoms with Crippen LogP contribution in [0.25, 0.3) is 0 Å². The molecule has 0 atom stereocenters. The Morgan fingerprint density at radius 3 is 2.17 bits per heavy atom. The Hall–Kier alpha value is -3.99. The van der Waals surface area contributed by atoms with Crippen molar-refractivity contribution in [2.24, 2.45) is 0 Å². The highest BCUT2D eigenvalue weighted by molar-refractivity contribution is 7.80. The first-order chi connectivity index (χ1) is 22.7. The second kappa shape index (κ2) is 15.5. The number of piperazine rings is 1. The molecule has 3 heterocycles. The summed E-state index contributed by atoms with van der Waals surface area (Å²) in [6, 6.07) is 7.71. The summed E-state index contributed by atoms with van der Waals surface area (Å²) in [5, 5.41) is 11.6. The molecule has 0 saturated carbocycles. The third kappa shape index (κ3) is 7.99. The average Bonchev–Trinajstić information content (AvgIpc) is 3.06. The van der Waals surface area contributed by atoms with Gasteiger partial charge in [-0.25, -0.2) is 9.78 Å².